The minimum atomic E-state index is -0.832. The van der Waals surface area contributed by atoms with Crippen LogP contribution in [0.15, 0.2) is 22.7 Å². The number of halogens is 2. The third-order valence-corrected chi connectivity index (χ3v) is 3.64. The maximum atomic E-state index is 12.9. The molecular weight excluding hydrogens is 283 g/mol. The lowest BCUT2D eigenvalue weighted by atomic mass is 10.2. The van der Waals surface area contributed by atoms with Crippen LogP contribution >= 0.6 is 27.7 Å². The molecule has 1 aromatic carbocycles. The maximum Gasteiger partial charge on any atom is 0.316 e. The Kier molecular flexibility index (Phi) is 4.60. The second kappa shape index (κ2) is 5.51. The van der Waals surface area contributed by atoms with Crippen molar-refractivity contribution in [2.24, 2.45) is 0 Å². The largest absolute Gasteiger partial charge is 0.480 e. The van der Waals surface area contributed by atoms with E-state index in [-0.39, 0.29) is 5.82 Å². The van der Waals surface area contributed by atoms with Gasteiger partial charge in [0.1, 0.15) is 5.82 Å². The van der Waals surface area contributed by atoms with E-state index >= 15 is 0 Å². The van der Waals surface area contributed by atoms with Gasteiger partial charge in [-0.25, -0.2) is 4.39 Å². The summed E-state index contributed by atoms with van der Waals surface area (Å²) in [6, 6.07) is 4.68. The molecule has 1 N–H and O–H groups in total. The van der Waals surface area contributed by atoms with Crippen molar-refractivity contribution in [3.8, 4) is 0 Å². The smallest absolute Gasteiger partial charge is 0.316 e. The molecule has 0 aliphatic heterocycles. The fourth-order valence-corrected chi connectivity index (χ4v) is 2.11. The lowest BCUT2D eigenvalue weighted by molar-refractivity contribution is -0.136. The topological polar surface area (TPSA) is 37.3 Å². The summed E-state index contributed by atoms with van der Waals surface area (Å²) in [6.07, 6.45) is 0. The van der Waals surface area contributed by atoms with Crippen molar-refractivity contribution in [1.82, 2.24) is 0 Å². The van der Waals surface area contributed by atoms with Crippen molar-refractivity contribution in [3.05, 3.63) is 34.1 Å². The number of thioether (sulfide) groups is 1. The number of carbonyl (C=O) groups is 1. The molecule has 1 aromatic rings. The summed E-state index contributed by atoms with van der Waals surface area (Å²) < 4.78 is 13.3. The van der Waals surface area contributed by atoms with E-state index in [1.54, 1.807) is 19.1 Å². The number of aliphatic carboxylic acids is 1. The Hall–Kier alpha value is -0.550. The molecule has 0 saturated carbocycles. The first-order valence-electron chi connectivity index (χ1n) is 4.29. The first-order chi connectivity index (χ1) is 7.00. The standard InChI is InChI=1S/C10H10BrFO2S/c1-6(10(13)14)15-5-7-2-3-9(12)8(11)4-7/h2-4,6H,5H2,1H3,(H,13,14). The molecule has 82 valence electrons. The first kappa shape index (κ1) is 12.5. The van der Waals surface area contributed by atoms with Gasteiger partial charge in [0, 0.05) is 5.75 Å². The first-order valence-corrected chi connectivity index (χ1v) is 6.13. The molecule has 0 saturated heterocycles. The summed E-state index contributed by atoms with van der Waals surface area (Å²) in [4.78, 5) is 10.6. The van der Waals surface area contributed by atoms with E-state index in [2.05, 4.69) is 15.9 Å². The number of rotatable bonds is 4. The summed E-state index contributed by atoms with van der Waals surface area (Å²) in [7, 11) is 0. The molecular formula is C10H10BrFO2S. The van der Waals surface area contributed by atoms with Crippen LogP contribution in [0.3, 0.4) is 0 Å². The Morgan fingerprint density at radius 1 is 1.67 bits per heavy atom. The molecule has 2 nitrogen and oxygen atoms in total. The van der Waals surface area contributed by atoms with Gasteiger partial charge in [0.25, 0.3) is 0 Å². The van der Waals surface area contributed by atoms with Crippen LogP contribution in [-0.2, 0) is 10.5 Å². The Morgan fingerprint density at radius 2 is 2.33 bits per heavy atom. The molecule has 0 aromatic heterocycles. The quantitative estimate of drug-likeness (QED) is 0.925. The van der Waals surface area contributed by atoms with Gasteiger partial charge >= 0.3 is 5.97 Å². The number of carboxylic acids is 1. The van der Waals surface area contributed by atoms with Crippen molar-refractivity contribution in [3.63, 3.8) is 0 Å². The number of hydrogen-bond donors (Lipinski definition) is 1. The fraction of sp³-hybridized carbons (Fsp3) is 0.300. The second-order valence-corrected chi connectivity index (χ2v) is 5.22. The molecule has 0 fully saturated rings. The van der Waals surface area contributed by atoms with Gasteiger partial charge in [0.2, 0.25) is 0 Å². The van der Waals surface area contributed by atoms with Crippen LogP contribution < -0.4 is 0 Å². The van der Waals surface area contributed by atoms with Gasteiger partial charge in [-0.2, -0.15) is 0 Å². The minimum Gasteiger partial charge on any atom is -0.480 e. The Balaban J connectivity index is 2.58. The predicted molar refractivity (Wildman–Crippen MR) is 62.5 cm³/mol. The zero-order valence-corrected chi connectivity index (χ0v) is 10.4. The molecule has 0 amide bonds. The van der Waals surface area contributed by atoms with E-state index < -0.39 is 11.2 Å². The predicted octanol–water partition coefficient (Wildman–Crippen LogP) is 3.29. The summed E-state index contributed by atoms with van der Waals surface area (Å²) >= 11 is 4.39. The molecule has 0 heterocycles. The van der Waals surface area contributed by atoms with Gasteiger partial charge in [-0.05, 0) is 40.5 Å². The van der Waals surface area contributed by atoms with Gasteiger partial charge in [0.15, 0.2) is 0 Å². The molecule has 0 radical (unpaired) electrons. The zero-order chi connectivity index (χ0) is 11.4. The van der Waals surface area contributed by atoms with Crippen LogP contribution in [-0.4, -0.2) is 16.3 Å². The Labute approximate surface area is 100 Å². The average molecular weight is 293 g/mol. The van der Waals surface area contributed by atoms with Gasteiger partial charge in [0.05, 0.1) is 9.72 Å². The SMILES string of the molecule is CC(SCc1ccc(F)c(Br)c1)C(=O)O. The summed E-state index contributed by atoms with van der Waals surface area (Å²) in [5.74, 6) is -0.581. The van der Waals surface area contributed by atoms with E-state index in [0.717, 1.165) is 5.56 Å². The lowest BCUT2D eigenvalue weighted by Gasteiger charge is -2.06. The van der Waals surface area contributed by atoms with Crippen LogP contribution in [0.2, 0.25) is 0 Å². The maximum absolute atomic E-state index is 12.9. The highest BCUT2D eigenvalue weighted by molar-refractivity contribution is 9.10. The molecule has 0 aliphatic rings. The van der Waals surface area contributed by atoms with E-state index in [1.165, 1.54) is 17.8 Å². The van der Waals surface area contributed by atoms with Crippen LogP contribution in [0, 0.1) is 5.82 Å². The van der Waals surface area contributed by atoms with Crippen molar-refractivity contribution in [1.29, 1.82) is 0 Å². The van der Waals surface area contributed by atoms with Crippen LogP contribution in [0.25, 0.3) is 0 Å². The molecule has 15 heavy (non-hydrogen) atoms. The molecule has 5 heteroatoms. The summed E-state index contributed by atoms with van der Waals surface area (Å²) in [6.45, 7) is 1.63. The van der Waals surface area contributed by atoms with Crippen LogP contribution in [0.4, 0.5) is 4.39 Å². The van der Waals surface area contributed by atoms with Gasteiger partial charge in [-0.1, -0.05) is 6.07 Å². The summed E-state index contributed by atoms with van der Waals surface area (Å²) in [5, 5.41) is 8.22. The Bertz CT molecular complexity index is 370. The van der Waals surface area contributed by atoms with Gasteiger partial charge in [-0.3, -0.25) is 4.79 Å². The van der Waals surface area contributed by atoms with Crippen LogP contribution in [0.5, 0.6) is 0 Å². The van der Waals surface area contributed by atoms with Crippen LogP contribution in [0.1, 0.15) is 12.5 Å². The number of benzene rings is 1. The van der Waals surface area contributed by atoms with Gasteiger partial charge < -0.3 is 5.11 Å². The van der Waals surface area contributed by atoms with Crippen molar-refractivity contribution in [2.45, 2.75) is 17.9 Å². The molecule has 0 spiro atoms. The highest BCUT2D eigenvalue weighted by Gasteiger charge is 2.11. The van der Waals surface area contributed by atoms with Crippen molar-refractivity contribution in [2.75, 3.05) is 0 Å². The molecule has 1 atom stereocenters. The monoisotopic (exact) mass is 292 g/mol. The highest BCUT2D eigenvalue weighted by atomic mass is 79.9. The normalized spacial score (nSPS) is 12.5. The van der Waals surface area contributed by atoms with E-state index in [0.29, 0.717) is 10.2 Å². The van der Waals surface area contributed by atoms with E-state index in [4.69, 9.17) is 5.11 Å². The van der Waals surface area contributed by atoms with E-state index in [1.807, 2.05) is 0 Å². The van der Waals surface area contributed by atoms with Gasteiger partial charge in [-0.15, -0.1) is 11.8 Å². The van der Waals surface area contributed by atoms with Crippen molar-refractivity contribution >= 4 is 33.7 Å². The number of carboxylic acid groups (broad SMARTS) is 1. The summed E-state index contributed by atoms with van der Waals surface area (Å²) in [5.41, 5.74) is 0.904. The third-order valence-electron chi connectivity index (χ3n) is 1.83. The van der Waals surface area contributed by atoms with Crippen molar-refractivity contribution < 1.29 is 14.3 Å². The lowest BCUT2D eigenvalue weighted by Crippen LogP contribution is -2.11. The Morgan fingerprint density at radius 3 is 2.87 bits per heavy atom. The third kappa shape index (κ3) is 3.83. The van der Waals surface area contributed by atoms with E-state index in [9.17, 15) is 9.18 Å². The zero-order valence-electron chi connectivity index (χ0n) is 8.04. The fourth-order valence-electron chi connectivity index (χ4n) is 0.922. The number of hydrogen-bond acceptors (Lipinski definition) is 2. The highest BCUT2D eigenvalue weighted by Crippen LogP contribution is 2.22. The average Bonchev–Trinajstić information content (AvgIpc) is 2.19. The molecule has 0 aliphatic carbocycles. The second-order valence-electron chi connectivity index (χ2n) is 3.04. The molecule has 0 bridgehead atoms. The molecule has 1 rings (SSSR count). The molecule has 1 unspecified atom stereocenters. The minimum absolute atomic E-state index is 0.310.